The van der Waals surface area contributed by atoms with E-state index in [-0.39, 0.29) is 24.0 Å². The molecule has 0 radical (unpaired) electrons. The summed E-state index contributed by atoms with van der Waals surface area (Å²) in [7, 11) is 0. The third-order valence-electron chi connectivity index (χ3n) is 5.46. The lowest BCUT2D eigenvalue weighted by Gasteiger charge is -2.21. The molecule has 1 amide bonds. The average Bonchev–Trinajstić information content (AvgIpc) is 3.07. The van der Waals surface area contributed by atoms with Crippen molar-refractivity contribution in [2.45, 2.75) is 44.7 Å². The largest absolute Gasteiger partial charge is 0.355 e. The number of carbonyl (C=O) groups is 1. The third kappa shape index (κ3) is 4.50. The second-order valence-electron chi connectivity index (χ2n) is 7.65. The molecule has 30 heavy (non-hydrogen) atoms. The summed E-state index contributed by atoms with van der Waals surface area (Å²) in [6, 6.07) is 16.3. The lowest BCUT2D eigenvalue weighted by molar-refractivity contribution is -0.123. The molecule has 1 atom stereocenters. The molecule has 1 N–H and O–H groups in total. The number of benzene rings is 2. The molecule has 0 aliphatic carbocycles. The van der Waals surface area contributed by atoms with Crippen molar-refractivity contribution in [3.8, 4) is 0 Å². The Balaban J connectivity index is 1.41. The Morgan fingerprint density at radius 3 is 2.73 bits per heavy atom. The van der Waals surface area contributed by atoms with Gasteiger partial charge in [-0.3, -0.25) is 9.36 Å². The van der Waals surface area contributed by atoms with E-state index in [1.807, 2.05) is 18.2 Å². The van der Waals surface area contributed by atoms with Crippen LogP contribution in [0.15, 0.2) is 59.4 Å². The van der Waals surface area contributed by atoms with E-state index in [0.717, 1.165) is 19.3 Å². The highest BCUT2D eigenvalue weighted by Gasteiger charge is 2.31. The number of hydrogen-bond donors (Lipinski definition) is 1. The van der Waals surface area contributed by atoms with E-state index in [1.165, 1.54) is 22.4 Å². The van der Waals surface area contributed by atoms with Gasteiger partial charge < -0.3 is 5.32 Å². The van der Waals surface area contributed by atoms with Crippen LogP contribution in [0.3, 0.4) is 0 Å². The number of rotatable bonds is 7. The molecule has 6 nitrogen and oxygen atoms in total. The molecule has 1 aliphatic heterocycles. The number of aromatic nitrogens is 3. The molecular weight excluding hydrogens is 383 g/mol. The predicted octanol–water partition coefficient (Wildman–Crippen LogP) is 2.86. The Bertz CT molecular complexity index is 1070. The molecule has 0 fully saturated rings. The van der Waals surface area contributed by atoms with Gasteiger partial charge in [0.1, 0.15) is 11.6 Å². The smallest absolute Gasteiger partial charge is 0.346 e. The van der Waals surface area contributed by atoms with Gasteiger partial charge in [-0.05, 0) is 48.9 Å². The first-order valence-electron chi connectivity index (χ1n) is 10.4. The Kier molecular flexibility index (Phi) is 6.07. The van der Waals surface area contributed by atoms with E-state index < -0.39 is 5.92 Å². The number of hydrogen-bond acceptors (Lipinski definition) is 3. The van der Waals surface area contributed by atoms with Crippen molar-refractivity contribution >= 4 is 5.91 Å². The van der Waals surface area contributed by atoms with Crippen LogP contribution in [-0.4, -0.2) is 26.8 Å². The van der Waals surface area contributed by atoms with E-state index >= 15 is 0 Å². The molecule has 7 heteroatoms. The molecule has 4 rings (SSSR count). The van der Waals surface area contributed by atoms with Gasteiger partial charge in [-0.1, -0.05) is 42.5 Å². The molecule has 2 aromatic carbocycles. The summed E-state index contributed by atoms with van der Waals surface area (Å²) in [6.07, 6.45) is 3.17. The number of aryl methyl sites for hydroxylation is 1. The lowest BCUT2D eigenvalue weighted by Crippen LogP contribution is -2.35. The standard InChI is InChI=1S/C23H25FN4O2/c24-19-11-4-9-18(15-19)16-28-23(30)27-14-6-12-20(21(27)26-28)22(29)25-13-5-10-17-7-2-1-3-8-17/h1-4,7-9,11,15,20H,5-6,10,12-14,16H2,(H,25,29). The Labute approximate surface area is 174 Å². The SMILES string of the molecule is O=C(NCCCc1ccccc1)C1CCCn2c1nn(Cc1cccc(F)c1)c2=O. The Hall–Kier alpha value is -3.22. The molecule has 0 saturated carbocycles. The highest BCUT2D eigenvalue weighted by Crippen LogP contribution is 2.24. The van der Waals surface area contributed by atoms with E-state index in [0.29, 0.717) is 30.9 Å². The number of halogens is 1. The highest BCUT2D eigenvalue weighted by atomic mass is 19.1. The molecule has 0 saturated heterocycles. The number of fused-ring (bicyclic) bond motifs is 1. The van der Waals surface area contributed by atoms with Gasteiger partial charge in [-0.15, -0.1) is 0 Å². The number of nitrogens with zero attached hydrogens (tertiary/aromatic N) is 3. The molecule has 0 bridgehead atoms. The zero-order chi connectivity index (χ0) is 20.9. The minimum atomic E-state index is -0.433. The quantitative estimate of drug-likeness (QED) is 0.611. The molecule has 1 aromatic heterocycles. The minimum Gasteiger partial charge on any atom is -0.355 e. The molecule has 2 heterocycles. The fraction of sp³-hybridized carbons (Fsp3) is 0.348. The monoisotopic (exact) mass is 408 g/mol. The summed E-state index contributed by atoms with van der Waals surface area (Å²) in [5.74, 6) is -0.371. The minimum absolute atomic E-state index is 0.0908. The van der Waals surface area contributed by atoms with Crippen molar-refractivity contribution in [1.82, 2.24) is 19.7 Å². The number of amides is 1. The molecule has 1 aliphatic rings. The first-order valence-corrected chi connectivity index (χ1v) is 10.4. The van der Waals surface area contributed by atoms with Crippen molar-refractivity contribution in [3.63, 3.8) is 0 Å². The van der Waals surface area contributed by atoms with Crippen LogP contribution in [0.25, 0.3) is 0 Å². The van der Waals surface area contributed by atoms with Crippen LogP contribution in [0.5, 0.6) is 0 Å². The maximum atomic E-state index is 13.5. The van der Waals surface area contributed by atoms with Gasteiger partial charge in [0.25, 0.3) is 0 Å². The third-order valence-corrected chi connectivity index (χ3v) is 5.46. The van der Waals surface area contributed by atoms with Crippen LogP contribution < -0.4 is 11.0 Å². The molecule has 3 aromatic rings. The van der Waals surface area contributed by atoms with Crippen LogP contribution >= 0.6 is 0 Å². The fourth-order valence-corrected chi connectivity index (χ4v) is 3.94. The van der Waals surface area contributed by atoms with E-state index in [4.69, 9.17) is 0 Å². The average molecular weight is 408 g/mol. The van der Waals surface area contributed by atoms with Gasteiger partial charge >= 0.3 is 5.69 Å². The first kappa shape index (κ1) is 20.1. The number of nitrogens with one attached hydrogen (secondary N) is 1. The van der Waals surface area contributed by atoms with Gasteiger partial charge in [-0.25, -0.2) is 13.9 Å². The summed E-state index contributed by atoms with van der Waals surface area (Å²) >= 11 is 0. The first-order chi connectivity index (χ1) is 14.6. The molecule has 1 unspecified atom stereocenters. The summed E-state index contributed by atoms with van der Waals surface area (Å²) in [6.45, 7) is 1.32. The summed E-state index contributed by atoms with van der Waals surface area (Å²) < 4.78 is 16.4. The summed E-state index contributed by atoms with van der Waals surface area (Å²) in [5.41, 5.74) is 1.65. The van der Waals surface area contributed by atoms with Gasteiger partial charge in [0.05, 0.1) is 12.5 Å². The second kappa shape index (κ2) is 9.07. The van der Waals surface area contributed by atoms with Gasteiger partial charge in [0, 0.05) is 13.1 Å². The number of carbonyl (C=O) groups excluding carboxylic acids is 1. The van der Waals surface area contributed by atoms with E-state index in [2.05, 4.69) is 22.5 Å². The van der Waals surface area contributed by atoms with Crippen LogP contribution in [0.2, 0.25) is 0 Å². The van der Waals surface area contributed by atoms with Gasteiger partial charge in [-0.2, -0.15) is 5.10 Å². The normalized spacial score (nSPS) is 15.6. The fourth-order valence-electron chi connectivity index (χ4n) is 3.94. The topological polar surface area (TPSA) is 68.9 Å². The maximum Gasteiger partial charge on any atom is 0.346 e. The van der Waals surface area contributed by atoms with E-state index in [9.17, 15) is 14.0 Å². The van der Waals surface area contributed by atoms with Crippen molar-refractivity contribution in [2.75, 3.05) is 6.54 Å². The van der Waals surface area contributed by atoms with Crippen LogP contribution in [0, 0.1) is 5.82 Å². The predicted molar refractivity (Wildman–Crippen MR) is 112 cm³/mol. The molecule has 156 valence electrons. The van der Waals surface area contributed by atoms with Crippen LogP contribution in [-0.2, 0) is 24.3 Å². The lowest BCUT2D eigenvalue weighted by atomic mass is 9.98. The second-order valence-corrected chi connectivity index (χ2v) is 7.65. The van der Waals surface area contributed by atoms with Crippen LogP contribution in [0.1, 0.15) is 42.1 Å². The van der Waals surface area contributed by atoms with Gasteiger partial charge in [0.15, 0.2) is 0 Å². The molecular formula is C23H25FN4O2. The van der Waals surface area contributed by atoms with Crippen molar-refractivity contribution in [3.05, 3.63) is 87.9 Å². The Morgan fingerprint density at radius 1 is 1.13 bits per heavy atom. The summed E-state index contributed by atoms with van der Waals surface area (Å²) in [4.78, 5) is 25.5. The van der Waals surface area contributed by atoms with E-state index in [1.54, 1.807) is 16.7 Å². The Morgan fingerprint density at radius 2 is 1.93 bits per heavy atom. The zero-order valence-electron chi connectivity index (χ0n) is 16.8. The van der Waals surface area contributed by atoms with Gasteiger partial charge in [0.2, 0.25) is 5.91 Å². The molecule has 0 spiro atoms. The van der Waals surface area contributed by atoms with Crippen LogP contribution in [0.4, 0.5) is 4.39 Å². The van der Waals surface area contributed by atoms with Crippen molar-refractivity contribution < 1.29 is 9.18 Å². The highest BCUT2D eigenvalue weighted by molar-refractivity contribution is 5.82. The van der Waals surface area contributed by atoms with Crippen molar-refractivity contribution in [2.24, 2.45) is 0 Å². The maximum absolute atomic E-state index is 13.5. The summed E-state index contributed by atoms with van der Waals surface area (Å²) in [5, 5.41) is 7.43. The van der Waals surface area contributed by atoms with Crippen molar-refractivity contribution in [1.29, 1.82) is 0 Å². The zero-order valence-corrected chi connectivity index (χ0v) is 16.8.